The standard InChI is InChI=1S/C13H10F13N5O3/c1-3(14)9(16,17)34-10(18,12(22,23)24)13(25,26)33-8(15,11(19,20)21)6(32)31-7-29-4(27)2-5(28)30-7/h2-3H,1H3,(H5,27,28,29,30,31,32). The fraction of sp³-hybridized carbons (Fsp3) is 0.615. The topological polar surface area (TPSA) is 125 Å². The van der Waals surface area contributed by atoms with Crippen molar-refractivity contribution in [3.8, 4) is 0 Å². The monoisotopic (exact) mass is 531 g/mol. The molecule has 0 aliphatic carbocycles. The average Bonchev–Trinajstić information content (AvgIpc) is 2.57. The number of alkyl halides is 13. The number of hydrogen-bond donors (Lipinski definition) is 3. The van der Waals surface area contributed by atoms with Gasteiger partial charge in [0, 0.05) is 6.07 Å². The summed E-state index contributed by atoms with van der Waals surface area (Å²) in [5.74, 6) is -20.2. The second kappa shape index (κ2) is 8.74. The quantitative estimate of drug-likeness (QED) is 0.438. The minimum Gasteiger partial charge on any atom is -0.383 e. The van der Waals surface area contributed by atoms with Gasteiger partial charge in [-0.25, -0.2) is 4.39 Å². The van der Waals surface area contributed by atoms with Gasteiger partial charge < -0.3 is 11.5 Å². The Hall–Kier alpha value is -2.84. The van der Waals surface area contributed by atoms with Gasteiger partial charge in [-0.3, -0.25) is 19.6 Å². The molecule has 0 aromatic carbocycles. The van der Waals surface area contributed by atoms with Crippen LogP contribution in [0.2, 0.25) is 0 Å². The summed E-state index contributed by atoms with van der Waals surface area (Å²) < 4.78 is 177. The minimum atomic E-state index is -7.42. The number of nitrogens with zero attached hydrogens (tertiary/aromatic N) is 2. The van der Waals surface area contributed by atoms with Crippen LogP contribution in [0.1, 0.15) is 6.92 Å². The number of nitrogen functional groups attached to an aromatic ring is 2. The van der Waals surface area contributed by atoms with Crippen molar-refractivity contribution in [1.29, 1.82) is 0 Å². The summed E-state index contributed by atoms with van der Waals surface area (Å²) in [7, 11) is 0. The van der Waals surface area contributed by atoms with E-state index in [-0.39, 0.29) is 6.92 Å². The lowest BCUT2D eigenvalue weighted by Gasteiger charge is -2.39. The number of amides is 1. The second-order valence-corrected chi connectivity index (χ2v) is 6.08. The third-order valence-electron chi connectivity index (χ3n) is 3.40. The number of rotatable bonds is 8. The van der Waals surface area contributed by atoms with Gasteiger partial charge in [0.25, 0.3) is 0 Å². The zero-order valence-electron chi connectivity index (χ0n) is 15.8. The zero-order chi connectivity index (χ0) is 27.1. The Kier molecular flexibility index (Phi) is 7.51. The Morgan fingerprint density at radius 2 is 1.32 bits per heavy atom. The van der Waals surface area contributed by atoms with Crippen LogP contribution in [0, 0.1) is 0 Å². The van der Waals surface area contributed by atoms with Gasteiger partial charge >= 0.3 is 42.2 Å². The second-order valence-electron chi connectivity index (χ2n) is 6.08. The number of anilines is 3. The molecule has 3 unspecified atom stereocenters. The Labute approximate surface area is 178 Å². The highest BCUT2D eigenvalue weighted by Crippen LogP contribution is 2.53. The van der Waals surface area contributed by atoms with Crippen LogP contribution >= 0.6 is 0 Å². The lowest BCUT2D eigenvalue weighted by atomic mass is 10.2. The molecule has 1 aromatic heterocycles. The predicted molar refractivity (Wildman–Crippen MR) is 81.9 cm³/mol. The molecular weight excluding hydrogens is 521 g/mol. The third-order valence-corrected chi connectivity index (χ3v) is 3.40. The first kappa shape index (κ1) is 29.2. The van der Waals surface area contributed by atoms with E-state index in [4.69, 9.17) is 11.5 Å². The number of carbonyl (C=O) groups is 1. The van der Waals surface area contributed by atoms with Crippen molar-refractivity contribution < 1.29 is 71.3 Å². The van der Waals surface area contributed by atoms with Gasteiger partial charge in [-0.05, 0) is 6.92 Å². The van der Waals surface area contributed by atoms with Gasteiger partial charge in [-0.15, -0.1) is 0 Å². The molecule has 0 saturated carbocycles. The SMILES string of the molecule is CC(F)C(F)(F)OC(F)(C(F)(F)F)C(F)(F)OC(F)(C(=O)Nc1nc(N)cc(N)n1)C(F)(F)F. The molecular formula is C13H10F13N5O3. The molecule has 1 aromatic rings. The zero-order valence-corrected chi connectivity index (χ0v) is 15.8. The molecule has 0 fully saturated rings. The van der Waals surface area contributed by atoms with Gasteiger partial charge in [0.15, 0.2) is 6.17 Å². The summed E-state index contributed by atoms with van der Waals surface area (Å²) in [4.78, 5) is 17.6. The van der Waals surface area contributed by atoms with Crippen LogP contribution in [0.25, 0.3) is 0 Å². The number of carbonyl (C=O) groups excluding carboxylic acids is 1. The maximum atomic E-state index is 14.4. The van der Waals surface area contributed by atoms with Crippen LogP contribution in [0.5, 0.6) is 0 Å². The Balaban J connectivity index is 3.54. The Bertz CT molecular complexity index is 889. The van der Waals surface area contributed by atoms with Crippen molar-refractivity contribution in [1.82, 2.24) is 9.97 Å². The summed E-state index contributed by atoms with van der Waals surface area (Å²) in [5, 5.41) is 0.723. The summed E-state index contributed by atoms with van der Waals surface area (Å²) >= 11 is 0. The molecule has 34 heavy (non-hydrogen) atoms. The molecule has 0 radical (unpaired) electrons. The average molecular weight is 531 g/mol. The smallest absolute Gasteiger partial charge is 0.383 e. The molecule has 0 spiro atoms. The molecule has 21 heteroatoms. The van der Waals surface area contributed by atoms with Crippen LogP contribution < -0.4 is 16.8 Å². The fourth-order valence-corrected chi connectivity index (χ4v) is 1.75. The largest absolute Gasteiger partial charge is 0.458 e. The van der Waals surface area contributed by atoms with Crippen molar-refractivity contribution in [2.75, 3.05) is 16.8 Å². The van der Waals surface area contributed by atoms with Crippen LogP contribution in [0.3, 0.4) is 0 Å². The molecule has 196 valence electrons. The molecule has 3 atom stereocenters. The van der Waals surface area contributed by atoms with E-state index in [1.165, 1.54) is 0 Å². The van der Waals surface area contributed by atoms with Crippen LogP contribution in [0.4, 0.5) is 74.7 Å². The molecule has 0 aliphatic rings. The van der Waals surface area contributed by atoms with E-state index in [9.17, 15) is 61.9 Å². The van der Waals surface area contributed by atoms with Crippen molar-refractivity contribution in [2.24, 2.45) is 0 Å². The minimum absolute atomic E-state index is 0.310. The Morgan fingerprint density at radius 3 is 1.68 bits per heavy atom. The van der Waals surface area contributed by atoms with E-state index in [0.717, 1.165) is 11.4 Å². The number of hydrogen-bond acceptors (Lipinski definition) is 7. The number of ether oxygens (including phenoxy) is 2. The molecule has 1 rings (SSSR count). The van der Waals surface area contributed by atoms with Gasteiger partial charge in [0.1, 0.15) is 11.6 Å². The van der Waals surface area contributed by atoms with E-state index in [0.29, 0.717) is 0 Å². The normalized spacial score (nSPS) is 18.1. The third kappa shape index (κ3) is 5.62. The van der Waals surface area contributed by atoms with Gasteiger partial charge in [-0.2, -0.15) is 62.7 Å². The van der Waals surface area contributed by atoms with Gasteiger partial charge in [0.2, 0.25) is 5.95 Å². The van der Waals surface area contributed by atoms with E-state index in [1.807, 2.05) is 0 Å². The first-order valence-electron chi connectivity index (χ1n) is 7.92. The van der Waals surface area contributed by atoms with Gasteiger partial charge in [0.05, 0.1) is 0 Å². The summed E-state index contributed by atoms with van der Waals surface area (Å²) in [6, 6.07) is 0.719. The van der Waals surface area contributed by atoms with E-state index in [2.05, 4.69) is 19.4 Å². The van der Waals surface area contributed by atoms with E-state index in [1.54, 1.807) is 0 Å². The summed E-state index contributed by atoms with van der Waals surface area (Å²) in [6.45, 7) is -0.310. The van der Waals surface area contributed by atoms with E-state index < -0.39 is 65.9 Å². The molecule has 0 bridgehead atoms. The van der Waals surface area contributed by atoms with Gasteiger partial charge in [-0.1, -0.05) is 0 Å². The van der Waals surface area contributed by atoms with Crippen molar-refractivity contribution in [2.45, 2.75) is 49.4 Å². The number of aromatic nitrogens is 2. The molecule has 1 heterocycles. The van der Waals surface area contributed by atoms with Crippen molar-refractivity contribution in [3.05, 3.63) is 6.07 Å². The number of halogens is 13. The van der Waals surface area contributed by atoms with Crippen LogP contribution in [-0.2, 0) is 14.3 Å². The predicted octanol–water partition coefficient (Wildman–Crippen LogP) is 3.61. The maximum Gasteiger partial charge on any atom is 0.458 e. The summed E-state index contributed by atoms with van der Waals surface area (Å²) in [5.41, 5.74) is 10.2. The fourth-order valence-electron chi connectivity index (χ4n) is 1.75. The van der Waals surface area contributed by atoms with Crippen molar-refractivity contribution >= 4 is 23.5 Å². The molecule has 0 saturated heterocycles. The Morgan fingerprint density at radius 1 is 0.882 bits per heavy atom. The maximum absolute atomic E-state index is 14.4. The highest BCUT2D eigenvalue weighted by Gasteiger charge is 2.81. The molecule has 1 amide bonds. The highest BCUT2D eigenvalue weighted by atomic mass is 19.4. The first-order chi connectivity index (χ1) is 14.9. The number of nitrogens with one attached hydrogen (secondary N) is 1. The lowest BCUT2D eigenvalue weighted by Crippen LogP contribution is -2.66. The lowest BCUT2D eigenvalue weighted by molar-refractivity contribution is -0.527. The molecule has 8 nitrogen and oxygen atoms in total. The summed E-state index contributed by atoms with van der Waals surface area (Å²) in [6.07, 6.45) is -31.9. The van der Waals surface area contributed by atoms with Crippen LogP contribution in [0.15, 0.2) is 6.07 Å². The molecule has 0 aliphatic heterocycles. The van der Waals surface area contributed by atoms with Crippen LogP contribution in [-0.4, -0.2) is 58.3 Å². The highest BCUT2D eigenvalue weighted by molar-refractivity contribution is 5.95. The number of nitrogens with two attached hydrogens (primary N) is 2. The van der Waals surface area contributed by atoms with Crippen molar-refractivity contribution in [3.63, 3.8) is 0 Å². The first-order valence-corrected chi connectivity index (χ1v) is 7.92. The van der Waals surface area contributed by atoms with E-state index >= 15 is 0 Å². The molecule has 5 N–H and O–H groups in total.